The number of nitriles is 1. The van der Waals surface area contributed by atoms with E-state index >= 15 is 0 Å². The molecule has 0 unspecified atom stereocenters. The Morgan fingerprint density at radius 3 is 2.62 bits per heavy atom. The number of nitrogens with one attached hydrogen (secondary N) is 2. The molecule has 0 saturated heterocycles. The Labute approximate surface area is 157 Å². The summed E-state index contributed by atoms with van der Waals surface area (Å²) in [5, 5.41) is 14.4. The van der Waals surface area contributed by atoms with Gasteiger partial charge in [0.2, 0.25) is 5.91 Å². The molecule has 0 aliphatic rings. The first-order valence-corrected chi connectivity index (χ1v) is 7.98. The number of carbonyl (C=O) groups excluding carboxylic acids is 1. The smallest absolute Gasteiger partial charge is 0.250 e. The van der Waals surface area contributed by atoms with E-state index in [2.05, 4.69) is 10.6 Å². The summed E-state index contributed by atoms with van der Waals surface area (Å²) in [6.07, 6.45) is 3.00. The summed E-state index contributed by atoms with van der Waals surface area (Å²) >= 11 is 5.10. The lowest BCUT2D eigenvalue weighted by molar-refractivity contribution is -0.115. The second-order valence-corrected chi connectivity index (χ2v) is 5.49. The second kappa shape index (κ2) is 9.20. The predicted molar refractivity (Wildman–Crippen MR) is 104 cm³/mol. The van der Waals surface area contributed by atoms with Crippen molar-refractivity contribution in [3.05, 3.63) is 59.7 Å². The molecule has 2 rings (SSSR count). The van der Waals surface area contributed by atoms with Crippen molar-refractivity contribution in [1.82, 2.24) is 5.32 Å². The van der Waals surface area contributed by atoms with Crippen LogP contribution in [0.3, 0.4) is 0 Å². The number of thiocarbonyl (C=S) groups is 1. The summed E-state index contributed by atoms with van der Waals surface area (Å²) < 4.78 is 10.4. The van der Waals surface area contributed by atoms with Gasteiger partial charge in [-0.15, -0.1) is 0 Å². The van der Waals surface area contributed by atoms with Crippen LogP contribution in [0.2, 0.25) is 0 Å². The summed E-state index contributed by atoms with van der Waals surface area (Å²) in [5.41, 5.74) is 1.90. The molecule has 0 aliphatic heterocycles. The van der Waals surface area contributed by atoms with E-state index < -0.39 is 0 Å². The first-order valence-electron chi connectivity index (χ1n) is 7.58. The lowest BCUT2D eigenvalue weighted by atomic mass is 10.2. The average molecular weight is 367 g/mol. The number of hydrogen-bond acceptors (Lipinski definition) is 5. The molecule has 0 heterocycles. The molecule has 0 spiro atoms. The van der Waals surface area contributed by atoms with Crippen molar-refractivity contribution in [3.63, 3.8) is 0 Å². The lowest BCUT2D eigenvalue weighted by Gasteiger charge is -2.08. The highest BCUT2D eigenvalue weighted by molar-refractivity contribution is 7.80. The third-order valence-corrected chi connectivity index (χ3v) is 3.53. The fourth-order valence-electron chi connectivity index (χ4n) is 2.11. The number of nitrogens with zero attached hydrogens (tertiary/aromatic N) is 1. The fourth-order valence-corrected chi connectivity index (χ4v) is 2.33. The van der Waals surface area contributed by atoms with Crippen LogP contribution in [0.25, 0.3) is 6.08 Å². The van der Waals surface area contributed by atoms with Crippen molar-refractivity contribution in [1.29, 1.82) is 5.26 Å². The topological polar surface area (TPSA) is 83.4 Å². The van der Waals surface area contributed by atoms with Gasteiger partial charge in [-0.25, -0.2) is 0 Å². The number of amides is 1. The minimum Gasteiger partial charge on any atom is -0.493 e. The van der Waals surface area contributed by atoms with Crippen molar-refractivity contribution in [2.45, 2.75) is 0 Å². The van der Waals surface area contributed by atoms with E-state index in [1.165, 1.54) is 6.08 Å². The van der Waals surface area contributed by atoms with E-state index in [4.69, 9.17) is 27.0 Å². The number of hydrogen-bond donors (Lipinski definition) is 2. The molecular weight excluding hydrogens is 350 g/mol. The zero-order valence-corrected chi connectivity index (χ0v) is 15.1. The van der Waals surface area contributed by atoms with Crippen molar-refractivity contribution >= 4 is 35.0 Å². The molecule has 6 nitrogen and oxygen atoms in total. The van der Waals surface area contributed by atoms with E-state index in [-0.39, 0.29) is 11.0 Å². The number of methoxy groups -OCH3 is 2. The van der Waals surface area contributed by atoms with Gasteiger partial charge >= 0.3 is 0 Å². The summed E-state index contributed by atoms with van der Waals surface area (Å²) in [6.45, 7) is 0. The van der Waals surface area contributed by atoms with Gasteiger partial charge in [-0.2, -0.15) is 5.26 Å². The maximum Gasteiger partial charge on any atom is 0.250 e. The third-order valence-electron chi connectivity index (χ3n) is 3.32. The zero-order valence-electron chi connectivity index (χ0n) is 14.3. The van der Waals surface area contributed by atoms with Gasteiger partial charge in [0.1, 0.15) is 0 Å². The van der Waals surface area contributed by atoms with Crippen LogP contribution in [0.15, 0.2) is 48.5 Å². The number of ether oxygens (including phenoxy) is 2. The van der Waals surface area contributed by atoms with Gasteiger partial charge in [0, 0.05) is 11.8 Å². The number of rotatable bonds is 5. The quantitative estimate of drug-likeness (QED) is 0.624. The molecule has 0 radical (unpaired) electrons. The summed E-state index contributed by atoms with van der Waals surface area (Å²) in [6, 6.07) is 14.1. The van der Waals surface area contributed by atoms with Crippen molar-refractivity contribution in [2.24, 2.45) is 0 Å². The molecule has 0 aromatic heterocycles. The number of carbonyl (C=O) groups is 1. The van der Waals surface area contributed by atoms with Gasteiger partial charge in [-0.3, -0.25) is 10.1 Å². The molecule has 0 saturated carbocycles. The van der Waals surface area contributed by atoms with Gasteiger partial charge in [0.15, 0.2) is 16.6 Å². The molecule has 2 aromatic rings. The van der Waals surface area contributed by atoms with Crippen molar-refractivity contribution < 1.29 is 14.3 Å². The maximum absolute atomic E-state index is 12.0. The minimum absolute atomic E-state index is 0.141. The van der Waals surface area contributed by atoms with Gasteiger partial charge in [-0.05, 0) is 54.2 Å². The first kappa shape index (κ1) is 19.0. The SMILES string of the molecule is COc1ccc(C=CC(=O)NC(=S)Nc2cccc(C#N)c2)cc1OC. The third kappa shape index (κ3) is 5.33. The van der Waals surface area contributed by atoms with Gasteiger partial charge in [0.05, 0.1) is 25.9 Å². The Hall–Kier alpha value is -3.37. The van der Waals surface area contributed by atoms with Crippen LogP contribution < -0.4 is 20.1 Å². The monoisotopic (exact) mass is 367 g/mol. The van der Waals surface area contributed by atoms with Crippen LogP contribution in [-0.2, 0) is 4.79 Å². The van der Waals surface area contributed by atoms with E-state index in [9.17, 15) is 4.79 Å². The lowest BCUT2D eigenvalue weighted by Crippen LogP contribution is -2.32. The summed E-state index contributed by atoms with van der Waals surface area (Å²) in [4.78, 5) is 12.0. The average Bonchev–Trinajstić information content (AvgIpc) is 2.66. The predicted octanol–water partition coefficient (Wildman–Crippen LogP) is 3.10. The summed E-state index contributed by atoms with van der Waals surface area (Å²) in [7, 11) is 3.10. The Kier molecular flexibility index (Phi) is 6.71. The van der Waals surface area contributed by atoms with Crippen LogP contribution in [0, 0.1) is 11.3 Å². The Morgan fingerprint density at radius 2 is 1.92 bits per heavy atom. The molecular formula is C19H17N3O3S. The highest BCUT2D eigenvalue weighted by Gasteiger charge is 2.05. The zero-order chi connectivity index (χ0) is 18.9. The van der Waals surface area contributed by atoms with E-state index in [0.717, 1.165) is 5.56 Å². The molecule has 132 valence electrons. The molecule has 2 N–H and O–H groups in total. The Balaban J connectivity index is 1.96. The van der Waals surface area contributed by atoms with Crippen LogP contribution >= 0.6 is 12.2 Å². The second-order valence-electron chi connectivity index (χ2n) is 5.08. The molecule has 26 heavy (non-hydrogen) atoms. The molecule has 0 aliphatic carbocycles. The highest BCUT2D eigenvalue weighted by atomic mass is 32.1. The van der Waals surface area contributed by atoms with E-state index in [0.29, 0.717) is 22.7 Å². The van der Waals surface area contributed by atoms with E-state index in [1.54, 1.807) is 62.8 Å². The largest absolute Gasteiger partial charge is 0.493 e. The van der Waals surface area contributed by atoms with Gasteiger partial charge in [-0.1, -0.05) is 12.1 Å². The molecule has 0 bridgehead atoms. The van der Waals surface area contributed by atoms with Gasteiger partial charge in [0.25, 0.3) is 0 Å². The van der Waals surface area contributed by atoms with Gasteiger partial charge < -0.3 is 14.8 Å². The van der Waals surface area contributed by atoms with Crippen LogP contribution in [0.4, 0.5) is 5.69 Å². The molecule has 2 aromatic carbocycles. The standard InChI is InChI=1S/C19H17N3O3S/c1-24-16-8-6-13(11-17(16)25-2)7-9-18(23)22-19(26)21-15-5-3-4-14(10-15)12-20/h3-11H,1-2H3,(H2,21,22,23,26). The number of benzene rings is 2. The van der Waals surface area contributed by atoms with Crippen molar-refractivity contribution in [2.75, 3.05) is 19.5 Å². The molecule has 0 atom stereocenters. The highest BCUT2D eigenvalue weighted by Crippen LogP contribution is 2.27. The maximum atomic E-state index is 12.0. The normalized spacial score (nSPS) is 10.0. The van der Waals surface area contributed by atoms with E-state index in [1.807, 2.05) is 6.07 Å². The number of anilines is 1. The van der Waals surface area contributed by atoms with Crippen molar-refractivity contribution in [3.8, 4) is 17.6 Å². The summed E-state index contributed by atoms with van der Waals surface area (Å²) in [5.74, 6) is 0.803. The van der Waals surface area contributed by atoms with Crippen LogP contribution in [-0.4, -0.2) is 25.2 Å². The minimum atomic E-state index is -0.381. The molecule has 7 heteroatoms. The first-order chi connectivity index (χ1) is 12.5. The van der Waals surface area contributed by atoms with Crippen LogP contribution in [0.5, 0.6) is 11.5 Å². The molecule has 1 amide bonds. The Morgan fingerprint density at radius 1 is 1.15 bits per heavy atom. The van der Waals surface area contributed by atoms with Crippen LogP contribution in [0.1, 0.15) is 11.1 Å². The Bertz CT molecular complexity index is 888. The fraction of sp³-hybridized carbons (Fsp3) is 0.105. The molecule has 0 fully saturated rings.